The molecule has 0 spiro atoms. The van der Waals surface area contributed by atoms with E-state index < -0.39 is 0 Å². The van der Waals surface area contributed by atoms with Crippen molar-refractivity contribution in [2.24, 2.45) is 0 Å². The van der Waals surface area contributed by atoms with Crippen LogP contribution in [0.2, 0.25) is 0 Å². The van der Waals surface area contributed by atoms with Gasteiger partial charge in [0, 0.05) is 0 Å². The summed E-state index contributed by atoms with van der Waals surface area (Å²) in [5.41, 5.74) is 1.55. The number of hydrogen-bond donors (Lipinski definition) is 0. The minimum atomic E-state index is -0.318. The molecular formula is C16H23BO4. The average Bonchev–Trinajstić information content (AvgIpc) is 2.57. The van der Waals surface area contributed by atoms with Gasteiger partial charge in [0.1, 0.15) is 6.10 Å². The summed E-state index contributed by atoms with van der Waals surface area (Å²) in [4.78, 5) is 0. The number of ether oxygens (including phenoxy) is 2. The minimum Gasteiger partial charge on any atom is -0.399 e. The molecule has 0 saturated carbocycles. The number of benzene rings is 1. The van der Waals surface area contributed by atoms with Crippen LogP contribution in [0, 0.1) is 0 Å². The first-order chi connectivity index (χ1) is 9.87. The molecule has 1 aromatic carbocycles. The minimum absolute atomic E-state index is 0.241. The van der Waals surface area contributed by atoms with E-state index in [1.807, 2.05) is 12.1 Å². The van der Waals surface area contributed by atoms with Crippen molar-refractivity contribution in [3.8, 4) is 0 Å². The van der Waals surface area contributed by atoms with Crippen molar-refractivity contribution >= 4 is 12.6 Å². The average molecular weight is 290 g/mol. The van der Waals surface area contributed by atoms with E-state index in [4.69, 9.17) is 18.8 Å². The van der Waals surface area contributed by atoms with E-state index in [0.29, 0.717) is 19.8 Å². The Labute approximate surface area is 126 Å². The smallest absolute Gasteiger partial charge is 0.399 e. The van der Waals surface area contributed by atoms with E-state index in [1.54, 1.807) is 0 Å². The zero-order valence-electron chi connectivity index (χ0n) is 13.2. The van der Waals surface area contributed by atoms with Crippen molar-refractivity contribution in [3.63, 3.8) is 0 Å². The van der Waals surface area contributed by atoms with Crippen LogP contribution in [-0.4, -0.2) is 37.6 Å². The first-order valence-corrected chi connectivity index (χ1v) is 7.51. The molecule has 0 unspecified atom stereocenters. The van der Waals surface area contributed by atoms with Gasteiger partial charge in [0.05, 0.1) is 31.0 Å². The third kappa shape index (κ3) is 3.02. The molecule has 1 aromatic rings. The molecule has 2 aliphatic rings. The first-order valence-electron chi connectivity index (χ1n) is 7.51. The molecule has 0 bridgehead atoms. The van der Waals surface area contributed by atoms with Crippen LogP contribution in [0.1, 0.15) is 33.3 Å². The van der Waals surface area contributed by atoms with Gasteiger partial charge in [-0.3, -0.25) is 0 Å². The fourth-order valence-corrected chi connectivity index (χ4v) is 2.33. The second-order valence-corrected chi connectivity index (χ2v) is 6.80. The van der Waals surface area contributed by atoms with E-state index in [0.717, 1.165) is 11.0 Å². The zero-order chi connectivity index (χ0) is 15.1. The Morgan fingerprint density at radius 2 is 1.81 bits per heavy atom. The Morgan fingerprint density at radius 1 is 1.14 bits per heavy atom. The second kappa shape index (κ2) is 5.40. The molecule has 114 valence electrons. The van der Waals surface area contributed by atoms with Crippen molar-refractivity contribution in [2.75, 3.05) is 13.2 Å². The number of rotatable bonds is 4. The Balaban J connectivity index is 1.68. The molecule has 2 fully saturated rings. The second-order valence-electron chi connectivity index (χ2n) is 6.80. The molecule has 5 heteroatoms. The van der Waals surface area contributed by atoms with Gasteiger partial charge < -0.3 is 18.8 Å². The van der Waals surface area contributed by atoms with Crippen LogP contribution in [-0.2, 0) is 25.4 Å². The van der Waals surface area contributed by atoms with Crippen LogP contribution in [0.25, 0.3) is 0 Å². The Kier molecular flexibility index (Phi) is 3.86. The van der Waals surface area contributed by atoms with E-state index in [1.165, 1.54) is 0 Å². The molecule has 0 N–H and O–H groups in total. The summed E-state index contributed by atoms with van der Waals surface area (Å²) in [6.45, 7) is 10.3. The molecular weight excluding hydrogens is 267 g/mol. The van der Waals surface area contributed by atoms with Crippen LogP contribution in [0.4, 0.5) is 0 Å². The first kappa shape index (κ1) is 15.0. The van der Waals surface area contributed by atoms with Crippen LogP contribution < -0.4 is 5.46 Å². The highest BCUT2D eigenvalue weighted by atomic mass is 16.7. The highest BCUT2D eigenvalue weighted by Crippen LogP contribution is 2.36. The van der Waals surface area contributed by atoms with Crippen LogP contribution in [0.15, 0.2) is 24.3 Å². The van der Waals surface area contributed by atoms with Crippen molar-refractivity contribution in [2.45, 2.75) is 51.6 Å². The normalized spacial score (nSPS) is 24.1. The molecule has 0 aliphatic carbocycles. The van der Waals surface area contributed by atoms with E-state index in [2.05, 4.69) is 39.8 Å². The molecule has 2 heterocycles. The quantitative estimate of drug-likeness (QED) is 0.794. The molecule has 2 saturated heterocycles. The zero-order valence-corrected chi connectivity index (χ0v) is 13.2. The third-order valence-electron chi connectivity index (χ3n) is 4.57. The molecule has 0 atom stereocenters. The summed E-state index contributed by atoms with van der Waals surface area (Å²) in [7, 11) is -0.318. The van der Waals surface area contributed by atoms with Gasteiger partial charge in [-0.2, -0.15) is 0 Å². The van der Waals surface area contributed by atoms with Gasteiger partial charge in [0.2, 0.25) is 0 Å². The Morgan fingerprint density at radius 3 is 2.38 bits per heavy atom. The predicted molar refractivity (Wildman–Crippen MR) is 81.6 cm³/mol. The maximum Gasteiger partial charge on any atom is 0.494 e. The number of hydrogen-bond acceptors (Lipinski definition) is 4. The van der Waals surface area contributed by atoms with E-state index in [-0.39, 0.29) is 24.4 Å². The lowest BCUT2D eigenvalue weighted by Gasteiger charge is -2.32. The van der Waals surface area contributed by atoms with Gasteiger partial charge >= 0.3 is 7.12 Å². The Bertz CT molecular complexity index is 495. The summed E-state index contributed by atoms with van der Waals surface area (Å²) in [6.07, 6.45) is 0.241. The maximum absolute atomic E-state index is 6.08. The predicted octanol–water partition coefficient (Wildman–Crippen LogP) is 1.90. The fourth-order valence-electron chi connectivity index (χ4n) is 2.33. The highest BCUT2D eigenvalue weighted by Gasteiger charge is 2.51. The van der Waals surface area contributed by atoms with Crippen molar-refractivity contribution in [1.29, 1.82) is 0 Å². The molecule has 0 radical (unpaired) electrons. The van der Waals surface area contributed by atoms with Crippen molar-refractivity contribution < 1.29 is 18.8 Å². The topological polar surface area (TPSA) is 36.9 Å². The lowest BCUT2D eigenvalue weighted by atomic mass is 9.78. The van der Waals surface area contributed by atoms with E-state index >= 15 is 0 Å². The van der Waals surface area contributed by atoms with Gasteiger partial charge in [-0.1, -0.05) is 24.3 Å². The van der Waals surface area contributed by atoms with E-state index in [9.17, 15) is 0 Å². The lowest BCUT2D eigenvalue weighted by molar-refractivity contribution is -0.135. The summed E-state index contributed by atoms with van der Waals surface area (Å²) in [6, 6.07) is 8.23. The van der Waals surface area contributed by atoms with Crippen LogP contribution >= 0.6 is 0 Å². The monoisotopic (exact) mass is 290 g/mol. The van der Waals surface area contributed by atoms with Gasteiger partial charge in [0.25, 0.3) is 0 Å². The van der Waals surface area contributed by atoms with Gasteiger partial charge in [0.15, 0.2) is 0 Å². The van der Waals surface area contributed by atoms with Gasteiger partial charge in [-0.05, 0) is 38.7 Å². The molecule has 3 rings (SSSR count). The van der Waals surface area contributed by atoms with Crippen LogP contribution in [0.3, 0.4) is 0 Å². The third-order valence-corrected chi connectivity index (χ3v) is 4.57. The molecule has 0 aromatic heterocycles. The molecule has 21 heavy (non-hydrogen) atoms. The SMILES string of the molecule is CC1(C)OB(c2cccc(COC3COC3)c2)OC1(C)C. The lowest BCUT2D eigenvalue weighted by Crippen LogP contribution is -2.41. The van der Waals surface area contributed by atoms with Crippen molar-refractivity contribution in [3.05, 3.63) is 29.8 Å². The van der Waals surface area contributed by atoms with Crippen LogP contribution in [0.5, 0.6) is 0 Å². The Hall–Kier alpha value is -0.875. The highest BCUT2D eigenvalue weighted by molar-refractivity contribution is 6.62. The largest absolute Gasteiger partial charge is 0.494 e. The maximum atomic E-state index is 6.08. The summed E-state index contributed by atoms with van der Waals surface area (Å²) in [5.74, 6) is 0. The fraction of sp³-hybridized carbons (Fsp3) is 0.625. The summed E-state index contributed by atoms with van der Waals surface area (Å²) >= 11 is 0. The molecule has 4 nitrogen and oxygen atoms in total. The molecule has 2 aliphatic heterocycles. The van der Waals surface area contributed by atoms with Crippen molar-refractivity contribution in [1.82, 2.24) is 0 Å². The standard InChI is InChI=1S/C16H23BO4/c1-15(2)16(3,4)21-17(20-15)13-7-5-6-12(8-13)9-19-14-10-18-11-14/h5-8,14H,9-11H2,1-4H3. The summed E-state index contributed by atoms with van der Waals surface area (Å²) in [5, 5.41) is 0. The molecule has 0 amide bonds. The van der Waals surface area contributed by atoms with Gasteiger partial charge in [-0.15, -0.1) is 0 Å². The summed E-state index contributed by atoms with van der Waals surface area (Å²) < 4.78 is 23.0. The van der Waals surface area contributed by atoms with Gasteiger partial charge in [-0.25, -0.2) is 0 Å².